The van der Waals surface area contributed by atoms with Crippen molar-refractivity contribution in [2.75, 3.05) is 26.3 Å². The second-order valence-electron chi connectivity index (χ2n) is 5.53. The molecule has 0 radical (unpaired) electrons. The minimum absolute atomic E-state index is 0.0417. The number of carboxylic acids is 1. The highest BCUT2D eigenvalue weighted by molar-refractivity contribution is 7.89. The summed E-state index contributed by atoms with van der Waals surface area (Å²) >= 11 is 0. The zero-order valence-electron chi connectivity index (χ0n) is 13.5. The molecule has 2 rings (SSSR count). The highest BCUT2D eigenvalue weighted by Gasteiger charge is 2.28. The maximum Gasteiger partial charge on any atom is 0.325 e. The molecule has 1 fully saturated rings. The van der Waals surface area contributed by atoms with E-state index in [0.29, 0.717) is 18.8 Å². The highest BCUT2D eigenvalue weighted by Crippen LogP contribution is 2.22. The molecule has 1 atom stereocenters. The molecule has 8 nitrogen and oxygen atoms in total. The van der Waals surface area contributed by atoms with Gasteiger partial charge in [0.05, 0.1) is 18.1 Å². The molecule has 1 aromatic carbocycles. The Morgan fingerprint density at radius 1 is 1.29 bits per heavy atom. The number of ether oxygens (including phenoxy) is 1. The Kier molecular flexibility index (Phi) is 5.58. The summed E-state index contributed by atoms with van der Waals surface area (Å²) in [4.78, 5) is 23.0. The molecule has 1 aliphatic heterocycles. The van der Waals surface area contributed by atoms with E-state index in [2.05, 4.69) is 5.32 Å². The Balaban J connectivity index is 2.31. The van der Waals surface area contributed by atoms with Crippen LogP contribution in [0.15, 0.2) is 23.1 Å². The number of carbonyl (C=O) groups is 2. The summed E-state index contributed by atoms with van der Waals surface area (Å²) in [6.07, 6.45) is 0. The van der Waals surface area contributed by atoms with Gasteiger partial charge in [0.2, 0.25) is 10.0 Å². The fraction of sp³-hybridized carbons (Fsp3) is 0.467. The highest BCUT2D eigenvalue weighted by atomic mass is 32.2. The molecule has 9 heteroatoms. The molecule has 2 N–H and O–H groups in total. The first-order valence-electron chi connectivity index (χ1n) is 7.45. The van der Waals surface area contributed by atoms with Crippen LogP contribution in [0.5, 0.6) is 0 Å². The summed E-state index contributed by atoms with van der Waals surface area (Å²) < 4.78 is 32.0. The van der Waals surface area contributed by atoms with E-state index < -0.39 is 27.9 Å². The van der Waals surface area contributed by atoms with Crippen molar-refractivity contribution < 1.29 is 27.9 Å². The Hall–Kier alpha value is -1.97. The van der Waals surface area contributed by atoms with Crippen molar-refractivity contribution in [3.05, 3.63) is 29.3 Å². The molecule has 0 bridgehead atoms. The number of morpholine rings is 1. The number of sulfonamides is 1. The molecule has 0 spiro atoms. The summed E-state index contributed by atoms with van der Waals surface area (Å²) in [5.74, 6) is -1.81. The lowest BCUT2D eigenvalue weighted by atomic mass is 10.1. The molecule has 1 amide bonds. The molecule has 0 aliphatic carbocycles. The number of nitrogens with one attached hydrogen (secondary N) is 1. The van der Waals surface area contributed by atoms with Crippen LogP contribution in [0.3, 0.4) is 0 Å². The van der Waals surface area contributed by atoms with Crippen LogP contribution < -0.4 is 5.32 Å². The lowest BCUT2D eigenvalue weighted by Gasteiger charge is -2.26. The minimum Gasteiger partial charge on any atom is -0.480 e. The molecule has 1 aromatic rings. The van der Waals surface area contributed by atoms with Gasteiger partial charge in [0.1, 0.15) is 6.04 Å². The fourth-order valence-electron chi connectivity index (χ4n) is 2.29. The van der Waals surface area contributed by atoms with Crippen LogP contribution in [0.2, 0.25) is 0 Å². The number of benzene rings is 1. The lowest BCUT2D eigenvalue weighted by molar-refractivity contribution is -0.138. The third-order valence-electron chi connectivity index (χ3n) is 3.76. The average Bonchev–Trinajstić information content (AvgIpc) is 2.55. The summed E-state index contributed by atoms with van der Waals surface area (Å²) in [6.45, 7) is 4.15. The molecule has 0 aromatic heterocycles. The van der Waals surface area contributed by atoms with Crippen molar-refractivity contribution in [3.8, 4) is 0 Å². The molecule has 1 heterocycles. The van der Waals surface area contributed by atoms with Gasteiger partial charge in [0.25, 0.3) is 5.91 Å². The minimum atomic E-state index is -3.74. The van der Waals surface area contributed by atoms with Gasteiger partial charge in [-0.25, -0.2) is 8.42 Å². The monoisotopic (exact) mass is 356 g/mol. The van der Waals surface area contributed by atoms with Crippen molar-refractivity contribution in [3.63, 3.8) is 0 Å². The van der Waals surface area contributed by atoms with Crippen molar-refractivity contribution in [1.29, 1.82) is 0 Å². The Bertz CT molecular complexity index is 740. The Labute approximate surface area is 140 Å². The van der Waals surface area contributed by atoms with Crippen molar-refractivity contribution >= 4 is 21.9 Å². The zero-order chi connectivity index (χ0) is 17.9. The van der Waals surface area contributed by atoms with Crippen LogP contribution in [0.4, 0.5) is 0 Å². The van der Waals surface area contributed by atoms with Gasteiger partial charge >= 0.3 is 5.97 Å². The lowest BCUT2D eigenvalue weighted by Crippen LogP contribution is -2.41. The van der Waals surface area contributed by atoms with Crippen LogP contribution >= 0.6 is 0 Å². The fourth-order valence-corrected chi connectivity index (χ4v) is 3.95. The van der Waals surface area contributed by atoms with Gasteiger partial charge in [0.15, 0.2) is 0 Å². The smallest absolute Gasteiger partial charge is 0.325 e. The van der Waals surface area contributed by atoms with Gasteiger partial charge in [-0.05, 0) is 31.5 Å². The predicted octanol–water partition coefficient (Wildman–Crippen LogP) is 0.219. The van der Waals surface area contributed by atoms with Crippen LogP contribution in [-0.4, -0.2) is 62.1 Å². The number of amides is 1. The van der Waals surface area contributed by atoms with Crippen molar-refractivity contribution in [1.82, 2.24) is 9.62 Å². The molecule has 0 unspecified atom stereocenters. The normalized spacial score (nSPS) is 17.2. The zero-order valence-corrected chi connectivity index (χ0v) is 14.3. The molecule has 1 aliphatic rings. The van der Waals surface area contributed by atoms with Crippen LogP contribution in [0.1, 0.15) is 22.8 Å². The number of carboxylic acid groups (broad SMARTS) is 1. The standard InChI is InChI=1S/C15H20N2O6S/c1-10-3-4-12(14(18)16-11(2)15(19)20)9-13(10)24(21,22)17-5-7-23-8-6-17/h3-4,9,11H,5-8H2,1-2H3,(H,16,18)(H,19,20)/t11-/m1/s1. The summed E-state index contributed by atoms with van der Waals surface area (Å²) in [5, 5.41) is 11.2. The number of rotatable bonds is 5. The van der Waals surface area contributed by atoms with Gasteiger partial charge in [-0.15, -0.1) is 0 Å². The van der Waals surface area contributed by atoms with Crippen LogP contribution in [0.25, 0.3) is 0 Å². The SMILES string of the molecule is Cc1ccc(C(=O)N[C@H](C)C(=O)O)cc1S(=O)(=O)N1CCOCC1. The molecular weight excluding hydrogens is 336 g/mol. The second kappa shape index (κ2) is 7.29. The van der Waals surface area contributed by atoms with Gasteiger partial charge in [-0.1, -0.05) is 6.07 Å². The first kappa shape index (κ1) is 18.4. The van der Waals surface area contributed by atoms with E-state index in [4.69, 9.17) is 9.84 Å². The van der Waals surface area contributed by atoms with E-state index in [1.807, 2.05) is 0 Å². The first-order valence-corrected chi connectivity index (χ1v) is 8.89. The van der Waals surface area contributed by atoms with E-state index in [9.17, 15) is 18.0 Å². The maximum absolute atomic E-state index is 12.8. The van der Waals surface area contributed by atoms with Gasteiger partial charge in [-0.2, -0.15) is 4.31 Å². The molecule has 24 heavy (non-hydrogen) atoms. The second-order valence-corrected chi connectivity index (χ2v) is 7.44. The number of aryl methyl sites for hydroxylation is 1. The maximum atomic E-state index is 12.8. The summed E-state index contributed by atoms with van der Waals surface area (Å²) in [5.41, 5.74) is 0.616. The predicted molar refractivity (Wildman–Crippen MR) is 85.3 cm³/mol. The molecule has 0 saturated carbocycles. The summed E-state index contributed by atoms with van der Waals surface area (Å²) in [6, 6.07) is 3.22. The molecule has 1 saturated heterocycles. The van der Waals surface area contributed by atoms with E-state index in [1.165, 1.54) is 29.4 Å². The molecule has 132 valence electrons. The quantitative estimate of drug-likeness (QED) is 0.780. The first-order chi connectivity index (χ1) is 11.2. The average molecular weight is 356 g/mol. The number of hydrogen-bond donors (Lipinski definition) is 2. The van der Waals surface area contributed by atoms with Gasteiger partial charge in [0, 0.05) is 18.7 Å². The number of carbonyl (C=O) groups excluding carboxylic acids is 1. The van der Waals surface area contributed by atoms with E-state index >= 15 is 0 Å². The van der Waals surface area contributed by atoms with E-state index in [-0.39, 0.29) is 23.5 Å². The third kappa shape index (κ3) is 3.92. The van der Waals surface area contributed by atoms with Crippen LogP contribution in [-0.2, 0) is 19.6 Å². The number of aliphatic carboxylic acids is 1. The van der Waals surface area contributed by atoms with Gasteiger partial charge in [-0.3, -0.25) is 9.59 Å². The number of hydrogen-bond acceptors (Lipinski definition) is 5. The van der Waals surface area contributed by atoms with E-state index in [1.54, 1.807) is 6.92 Å². The Morgan fingerprint density at radius 2 is 1.92 bits per heavy atom. The topological polar surface area (TPSA) is 113 Å². The summed E-state index contributed by atoms with van der Waals surface area (Å²) in [7, 11) is -3.74. The van der Waals surface area contributed by atoms with Gasteiger partial charge < -0.3 is 15.2 Å². The van der Waals surface area contributed by atoms with E-state index in [0.717, 1.165) is 0 Å². The third-order valence-corrected chi connectivity index (χ3v) is 5.80. The largest absolute Gasteiger partial charge is 0.480 e. The molecular formula is C15H20N2O6S. The Morgan fingerprint density at radius 3 is 2.50 bits per heavy atom. The van der Waals surface area contributed by atoms with Crippen molar-refractivity contribution in [2.45, 2.75) is 24.8 Å². The number of nitrogens with zero attached hydrogens (tertiary/aromatic N) is 1. The van der Waals surface area contributed by atoms with Crippen molar-refractivity contribution in [2.24, 2.45) is 0 Å². The van der Waals surface area contributed by atoms with Crippen LogP contribution in [0, 0.1) is 6.92 Å².